The second kappa shape index (κ2) is 6.06. The molecule has 0 aliphatic rings. The number of aromatic carboxylic acids is 1. The summed E-state index contributed by atoms with van der Waals surface area (Å²) in [7, 11) is 0. The Morgan fingerprint density at radius 3 is 2.43 bits per heavy atom. The van der Waals surface area contributed by atoms with Crippen molar-refractivity contribution >= 4 is 5.97 Å². The summed E-state index contributed by atoms with van der Waals surface area (Å²) in [6.45, 7) is 5.25. The summed E-state index contributed by atoms with van der Waals surface area (Å²) in [5.41, 5.74) is -0.573. The summed E-state index contributed by atoms with van der Waals surface area (Å²) in [6.07, 6.45) is -4.17. The van der Waals surface area contributed by atoms with Gasteiger partial charge in [-0.05, 0) is 31.4 Å². The van der Waals surface area contributed by atoms with Gasteiger partial charge in [-0.2, -0.15) is 18.3 Å². The van der Waals surface area contributed by atoms with Crippen LogP contribution < -0.4 is 0 Å². The van der Waals surface area contributed by atoms with Crippen molar-refractivity contribution in [1.82, 2.24) is 9.78 Å². The predicted octanol–water partition coefficient (Wildman–Crippen LogP) is 4.10. The molecule has 0 unspecified atom stereocenters. The lowest BCUT2D eigenvalue weighted by atomic mass is 10.0. The molecule has 4 nitrogen and oxygen atoms in total. The minimum Gasteiger partial charge on any atom is -0.478 e. The number of rotatable bonds is 4. The first-order valence-corrected chi connectivity index (χ1v) is 7.11. The molecule has 0 radical (unpaired) electrons. The Hall–Kier alpha value is -2.31. The van der Waals surface area contributed by atoms with Gasteiger partial charge in [0.1, 0.15) is 5.56 Å². The molecule has 0 aliphatic carbocycles. The van der Waals surface area contributed by atoms with Crippen molar-refractivity contribution in [3.63, 3.8) is 0 Å². The van der Waals surface area contributed by atoms with Crippen LogP contribution in [0, 0.1) is 12.8 Å². The molecule has 1 aromatic carbocycles. The van der Waals surface area contributed by atoms with E-state index in [0.29, 0.717) is 12.1 Å². The van der Waals surface area contributed by atoms with Crippen molar-refractivity contribution in [1.29, 1.82) is 0 Å². The number of aromatic nitrogens is 2. The van der Waals surface area contributed by atoms with Crippen molar-refractivity contribution in [2.24, 2.45) is 5.92 Å². The van der Waals surface area contributed by atoms with Gasteiger partial charge in [0.05, 0.1) is 22.6 Å². The van der Waals surface area contributed by atoms with Crippen LogP contribution in [0.25, 0.3) is 5.69 Å². The van der Waals surface area contributed by atoms with Gasteiger partial charge >= 0.3 is 12.1 Å². The molecule has 1 aromatic heterocycles. The molecule has 2 aromatic rings. The van der Waals surface area contributed by atoms with Gasteiger partial charge < -0.3 is 5.11 Å². The zero-order chi connectivity index (χ0) is 17.4. The topological polar surface area (TPSA) is 55.1 Å². The maximum absolute atomic E-state index is 13.2. The van der Waals surface area contributed by atoms with Crippen LogP contribution in [0.3, 0.4) is 0 Å². The molecule has 0 atom stereocenters. The van der Waals surface area contributed by atoms with Crippen LogP contribution in [-0.2, 0) is 12.6 Å². The standard InChI is InChI=1S/C16H17F3N2O2/c1-9(2)8-12-14(15(22)23)10(3)21(20-12)13-7-5-4-6-11(13)16(17,18)19/h4-7,9H,8H2,1-3H3,(H,22,23). The fourth-order valence-corrected chi connectivity index (χ4v) is 2.50. The molecular weight excluding hydrogens is 309 g/mol. The van der Waals surface area contributed by atoms with E-state index in [2.05, 4.69) is 5.10 Å². The first-order chi connectivity index (χ1) is 10.6. The van der Waals surface area contributed by atoms with E-state index in [4.69, 9.17) is 0 Å². The van der Waals surface area contributed by atoms with E-state index in [0.717, 1.165) is 10.7 Å². The lowest BCUT2D eigenvalue weighted by Crippen LogP contribution is -2.12. The van der Waals surface area contributed by atoms with E-state index < -0.39 is 17.7 Å². The number of hydrogen-bond acceptors (Lipinski definition) is 2. The molecule has 0 spiro atoms. The van der Waals surface area contributed by atoms with Crippen LogP contribution >= 0.6 is 0 Å². The Bertz CT molecular complexity index is 733. The third-order valence-electron chi connectivity index (χ3n) is 3.44. The Labute approximate surface area is 131 Å². The van der Waals surface area contributed by atoms with Crippen LogP contribution in [-0.4, -0.2) is 20.9 Å². The summed E-state index contributed by atoms with van der Waals surface area (Å²) in [5.74, 6) is -1.05. The average Bonchev–Trinajstić information content (AvgIpc) is 2.73. The largest absolute Gasteiger partial charge is 0.478 e. The molecule has 0 aliphatic heterocycles. The number of nitrogens with zero attached hydrogens (tertiary/aromatic N) is 2. The van der Waals surface area contributed by atoms with Crippen molar-refractivity contribution in [2.45, 2.75) is 33.4 Å². The number of para-hydroxylation sites is 1. The monoisotopic (exact) mass is 326 g/mol. The SMILES string of the molecule is Cc1c(C(=O)O)c(CC(C)C)nn1-c1ccccc1C(F)(F)F. The molecule has 7 heteroatoms. The van der Waals surface area contributed by atoms with Gasteiger partial charge in [-0.3, -0.25) is 0 Å². The van der Waals surface area contributed by atoms with E-state index in [1.807, 2.05) is 13.8 Å². The zero-order valence-corrected chi connectivity index (χ0v) is 13.0. The Morgan fingerprint density at radius 2 is 1.91 bits per heavy atom. The van der Waals surface area contributed by atoms with Gasteiger partial charge in [0.15, 0.2) is 0 Å². The predicted molar refractivity (Wildman–Crippen MR) is 78.8 cm³/mol. The average molecular weight is 326 g/mol. The maximum atomic E-state index is 13.2. The molecule has 0 saturated heterocycles. The smallest absolute Gasteiger partial charge is 0.418 e. The highest BCUT2D eigenvalue weighted by Crippen LogP contribution is 2.34. The maximum Gasteiger partial charge on any atom is 0.418 e. The molecular formula is C16H17F3N2O2. The summed E-state index contributed by atoms with van der Waals surface area (Å²) in [4.78, 5) is 11.5. The van der Waals surface area contributed by atoms with Crippen molar-refractivity contribution in [3.8, 4) is 5.69 Å². The number of carboxylic acids is 1. The molecule has 0 saturated carbocycles. The van der Waals surface area contributed by atoms with E-state index >= 15 is 0 Å². The number of alkyl halides is 3. The van der Waals surface area contributed by atoms with Crippen LogP contribution in [0.15, 0.2) is 24.3 Å². The highest BCUT2D eigenvalue weighted by atomic mass is 19.4. The molecule has 1 N–H and O–H groups in total. The molecule has 0 amide bonds. The summed E-state index contributed by atoms with van der Waals surface area (Å²) < 4.78 is 40.6. The fraction of sp³-hybridized carbons (Fsp3) is 0.375. The molecule has 0 bridgehead atoms. The minimum absolute atomic E-state index is 0.0318. The van der Waals surface area contributed by atoms with Gasteiger partial charge in [0.2, 0.25) is 0 Å². The van der Waals surface area contributed by atoms with E-state index in [1.165, 1.54) is 25.1 Å². The van der Waals surface area contributed by atoms with Crippen LogP contribution in [0.4, 0.5) is 13.2 Å². The van der Waals surface area contributed by atoms with Crippen LogP contribution in [0.5, 0.6) is 0 Å². The molecule has 1 heterocycles. The summed E-state index contributed by atoms with van der Waals surface area (Å²) in [5, 5.41) is 13.5. The Kier molecular flexibility index (Phi) is 4.49. The third kappa shape index (κ3) is 3.38. The van der Waals surface area contributed by atoms with Gasteiger partial charge in [-0.15, -0.1) is 0 Å². The fourth-order valence-electron chi connectivity index (χ4n) is 2.50. The number of hydrogen-bond donors (Lipinski definition) is 1. The zero-order valence-electron chi connectivity index (χ0n) is 13.0. The van der Waals surface area contributed by atoms with E-state index in [1.54, 1.807) is 0 Å². The highest BCUT2D eigenvalue weighted by molar-refractivity contribution is 5.90. The first kappa shape index (κ1) is 17.1. The van der Waals surface area contributed by atoms with Crippen molar-refractivity contribution in [3.05, 3.63) is 46.8 Å². The number of halogens is 3. The van der Waals surface area contributed by atoms with Crippen molar-refractivity contribution in [2.75, 3.05) is 0 Å². The second-order valence-corrected chi connectivity index (χ2v) is 5.74. The quantitative estimate of drug-likeness (QED) is 0.920. The first-order valence-electron chi connectivity index (χ1n) is 7.11. The number of carbonyl (C=O) groups is 1. The van der Waals surface area contributed by atoms with Gasteiger partial charge in [-0.1, -0.05) is 26.0 Å². The third-order valence-corrected chi connectivity index (χ3v) is 3.44. The second-order valence-electron chi connectivity index (χ2n) is 5.74. The van der Waals surface area contributed by atoms with Crippen LogP contribution in [0.1, 0.15) is 41.2 Å². The Balaban J connectivity index is 2.69. The van der Waals surface area contributed by atoms with Gasteiger partial charge in [0, 0.05) is 0 Å². The normalized spacial score (nSPS) is 12.0. The van der Waals surface area contributed by atoms with Crippen LogP contribution in [0.2, 0.25) is 0 Å². The molecule has 0 fully saturated rings. The number of carboxylic acid groups (broad SMARTS) is 1. The lowest BCUT2D eigenvalue weighted by Gasteiger charge is -2.13. The minimum atomic E-state index is -4.55. The highest BCUT2D eigenvalue weighted by Gasteiger charge is 2.35. The lowest BCUT2D eigenvalue weighted by molar-refractivity contribution is -0.137. The number of benzene rings is 1. The summed E-state index contributed by atoms with van der Waals surface area (Å²) >= 11 is 0. The molecule has 124 valence electrons. The van der Waals surface area contributed by atoms with Crippen molar-refractivity contribution < 1.29 is 23.1 Å². The summed E-state index contributed by atoms with van der Waals surface area (Å²) in [6, 6.07) is 5.00. The Morgan fingerprint density at radius 1 is 1.30 bits per heavy atom. The van der Waals surface area contributed by atoms with E-state index in [-0.39, 0.29) is 22.9 Å². The van der Waals surface area contributed by atoms with E-state index in [9.17, 15) is 23.1 Å². The molecule has 2 rings (SSSR count). The van der Waals surface area contributed by atoms with Gasteiger partial charge in [0.25, 0.3) is 0 Å². The molecule has 23 heavy (non-hydrogen) atoms. The van der Waals surface area contributed by atoms with Gasteiger partial charge in [-0.25, -0.2) is 9.48 Å².